The molecule has 1 atom stereocenters. The van der Waals surface area contributed by atoms with E-state index in [1.54, 1.807) is 10.9 Å². The summed E-state index contributed by atoms with van der Waals surface area (Å²) in [5, 5.41) is 3.13. The Hall–Kier alpha value is -4.13. The number of hydrogen-bond donors (Lipinski definition) is 2. The molecule has 0 saturated carbocycles. The fourth-order valence-electron chi connectivity index (χ4n) is 4.22. The molecule has 0 radical (unpaired) electrons. The van der Waals surface area contributed by atoms with E-state index in [0.717, 1.165) is 33.2 Å². The van der Waals surface area contributed by atoms with Crippen LogP contribution in [0.1, 0.15) is 24.1 Å². The van der Waals surface area contributed by atoms with Gasteiger partial charge >= 0.3 is 5.69 Å². The number of nitrogens with zero attached hydrogens (tertiary/aromatic N) is 3. The number of benzene rings is 3. The predicted molar refractivity (Wildman–Crippen MR) is 124 cm³/mol. The first-order valence-corrected chi connectivity index (χ1v) is 10.6. The quantitative estimate of drug-likeness (QED) is 0.436. The third-order valence-corrected chi connectivity index (χ3v) is 5.76. The number of nitrogens with one attached hydrogen (secondary N) is 2. The number of H-pyrrole nitrogens is 1. The van der Waals surface area contributed by atoms with Gasteiger partial charge in [-0.1, -0.05) is 48.5 Å². The molecule has 160 valence electrons. The minimum absolute atomic E-state index is 0.0536. The summed E-state index contributed by atoms with van der Waals surface area (Å²) >= 11 is 0. The van der Waals surface area contributed by atoms with Crippen LogP contribution in [-0.2, 0) is 17.9 Å². The van der Waals surface area contributed by atoms with E-state index >= 15 is 0 Å². The smallest absolute Gasteiger partial charge is 0.329 e. The van der Waals surface area contributed by atoms with E-state index in [1.807, 2.05) is 79.7 Å². The van der Waals surface area contributed by atoms with Crippen molar-refractivity contribution >= 4 is 28.0 Å². The van der Waals surface area contributed by atoms with Crippen molar-refractivity contribution in [1.82, 2.24) is 24.4 Å². The minimum Gasteiger partial charge on any atom is -0.345 e. The topological polar surface area (TPSA) is 84.7 Å². The van der Waals surface area contributed by atoms with E-state index in [1.165, 1.54) is 4.57 Å². The molecule has 1 amide bonds. The third kappa shape index (κ3) is 3.47. The molecule has 2 aromatic heterocycles. The van der Waals surface area contributed by atoms with E-state index < -0.39 is 0 Å². The Kier molecular flexibility index (Phi) is 5.07. The van der Waals surface area contributed by atoms with Crippen LogP contribution in [0.25, 0.3) is 22.1 Å². The first-order chi connectivity index (χ1) is 15.7. The average molecular weight is 425 g/mol. The molecule has 0 bridgehead atoms. The number of aromatic amines is 1. The second-order valence-corrected chi connectivity index (χ2v) is 7.69. The molecule has 3 aromatic carbocycles. The maximum Gasteiger partial charge on any atom is 0.329 e. The molecule has 0 fully saturated rings. The van der Waals surface area contributed by atoms with Crippen molar-refractivity contribution in [2.24, 2.45) is 0 Å². The summed E-state index contributed by atoms with van der Waals surface area (Å²) in [5.74, 6) is -0.232. The largest absolute Gasteiger partial charge is 0.345 e. The summed E-state index contributed by atoms with van der Waals surface area (Å²) in [7, 11) is 0. The number of carbonyl (C=O) groups excluding carboxylic acids is 1. The molecule has 2 N–H and O–H groups in total. The number of hydrogen-bond acceptors (Lipinski definition) is 3. The van der Waals surface area contributed by atoms with E-state index in [4.69, 9.17) is 0 Å². The van der Waals surface area contributed by atoms with Gasteiger partial charge in [-0.3, -0.25) is 13.9 Å². The summed E-state index contributed by atoms with van der Waals surface area (Å²) in [6.45, 7) is 2.42. The van der Waals surface area contributed by atoms with Gasteiger partial charge in [-0.05, 0) is 42.3 Å². The van der Waals surface area contributed by atoms with Gasteiger partial charge < -0.3 is 10.3 Å². The van der Waals surface area contributed by atoms with Crippen LogP contribution in [0.5, 0.6) is 0 Å². The van der Waals surface area contributed by atoms with Gasteiger partial charge in [-0.15, -0.1) is 0 Å². The molecule has 7 heteroatoms. The Labute approximate surface area is 184 Å². The van der Waals surface area contributed by atoms with Crippen LogP contribution in [0, 0.1) is 0 Å². The van der Waals surface area contributed by atoms with Crippen LogP contribution in [0.4, 0.5) is 0 Å². The van der Waals surface area contributed by atoms with Crippen LogP contribution in [0.15, 0.2) is 83.9 Å². The van der Waals surface area contributed by atoms with Crippen LogP contribution in [0.2, 0.25) is 0 Å². The van der Waals surface area contributed by atoms with Gasteiger partial charge in [0.2, 0.25) is 5.91 Å². The van der Waals surface area contributed by atoms with Crippen LogP contribution >= 0.6 is 0 Å². The second-order valence-electron chi connectivity index (χ2n) is 7.69. The summed E-state index contributed by atoms with van der Waals surface area (Å²) in [4.78, 5) is 33.5. The first kappa shape index (κ1) is 19.8. The Morgan fingerprint density at radius 2 is 1.69 bits per heavy atom. The summed E-state index contributed by atoms with van der Waals surface area (Å²) in [6, 6.07) is 22.9. The Morgan fingerprint density at radius 3 is 2.44 bits per heavy atom. The van der Waals surface area contributed by atoms with Crippen LogP contribution < -0.4 is 11.0 Å². The summed E-state index contributed by atoms with van der Waals surface area (Å²) in [6.07, 6.45) is 1.65. The standard InChI is InChI=1S/C25H23N5O2/c1-2-29-21-10-6-7-11-22(21)30(25(29)32)15-23(31)28-24(17-8-4-3-5-9-17)18-12-13-19-20(14-18)27-16-26-19/h3-14,16,24H,2,15H2,1H3,(H,26,27)(H,28,31)/t24-/m1/s1. The minimum atomic E-state index is -0.355. The number of para-hydroxylation sites is 2. The van der Waals surface area contributed by atoms with Crippen LogP contribution in [0.3, 0.4) is 0 Å². The first-order valence-electron chi connectivity index (χ1n) is 10.6. The van der Waals surface area contributed by atoms with Gasteiger partial charge in [0.15, 0.2) is 0 Å². The number of aromatic nitrogens is 4. The highest BCUT2D eigenvalue weighted by molar-refractivity contribution is 5.82. The number of rotatable bonds is 6. The number of fused-ring (bicyclic) bond motifs is 2. The molecule has 0 saturated heterocycles. The molecule has 0 aliphatic rings. The average Bonchev–Trinajstić information content (AvgIpc) is 3.40. The number of aryl methyl sites for hydroxylation is 1. The highest BCUT2D eigenvalue weighted by Gasteiger charge is 2.20. The molecular weight excluding hydrogens is 402 g/mol. The molecule has 7 nitrogen and oxygen atoms in total. The molecule has 0 unspecified atom stereocenters. The van der Waals surface area contributed by atoms with Gasteiger partial charge in [0.05, 0.1) is 34.4 Å². The highest BCUT2D eigenvalue weighted by atomic mass is 16.2. The maximum atomic E-state index is 13.2. The lowest BCUT2D eigenvalue weighted by Gasteiger charge is -2.20. The Balaban J connectivity index is 1.49. The van der Waals surface area contributed by atoms with Crippen molar-refractivity contribution in [1.29, 1.82) is 0 Å². The molecule has 0 spiro atoms. The highest BCUT2D eigenvalue weighted by Crippen LogP contribution is 2.25. The van der Waals surface area contributed by atoms with Crippen molar-refractivity contribution in [3.8, 4) is 0 Å². The SMILES string of the molecule is CCn1c(=O)n(CC(=O)N[C@H](c2ccccc2)c2ccc3nc[nH]c3c2)c2ccccc21. The van der Waals surface area contributed by atoms with Crippen molar-refractivity contribution in [3.05, 3.63) is 101 Å². The normalized spacial score (nSPS) is 12.3. The van der Waals surface area contributed by atoms with Crippen molar-refractivity contribution in [3.63, 3.8) is 0 Å². The molecule has 2 heterocycles. The Morgan fingerprint density at radius 1 is 0.969 bits per heavy atom. The van der Waals surface area contributed by atoms with Gasteiger partial charge in [0, 0.05) is 6.54 Å². The summed E-state index contributed by atoms with van der Waals surface area (Å²) < 4.78 is 3.22. The van der Waals surface area contributed by atoms with Gasteiger partial charge in [-0.2, -0.15) is 0 Å². The zero-order chi connectivity index (χ0) is 22.1. The molecule has 0 aliphatic heterocycles. The molecule has 32 heavy (non-hydrogen) atoms. The molecular formula is C25H23N5O2. The second kappa shape index (κ2) is 8.19. The lowest BCUT2D eigenvalue weighted by atomic mass is 9.98. The maximum absolute atomic E-state index is 13.2. The molecule has 5 aromatic rings. The third-order valence-electron chi connectivity index (χ3n) is 5.76. The molecule has 0 aliphatic carbocycles. The number of carbonyl (C=O) groups is 1. The zero-order valence-corrected chi connectivity index (χ0v) is 17.7. The van der Waals surface area contributed by atoms with E-state index in [2.05, 4.69) is 15.3 Å². The fraction of sp³-hybridized carbons (Fsp3) is 0.160. The predicted octanol–water partition coefficient (Wildman–Crippen LogP) is 3.61. The van der Waals surface area contributed by atoms with Crippen molar-refractivity contribution in [2.45, 2.75) is 26.1 Å². The molecule has 5 rings (SSSR count). The lowest BCUT2D eigenvalue weighted by molar-refractivity contribution is -0.122. The monoisotopic (exact) mass is 425 g/mol. The van der Waals surface area contributed by atoms with Crippen molar-refractivity contribution < 1.29 is 4.79 Å². The fourth-order valence-corrected chi connectivity index (χ4v) is 4.22. The zero-order valence-electron chi connectivity index (χ0n) is 17.7. The van der Waals surface area contributed by atoms with E-state index in [0.29, 0.717) is 6.54 Å². The van der Waals surface area contributed by atoms with E-state index in [-0.39, 0.29) is 24.2 Å². The number of amides is 1. The van der Waals surface area contributed by atoms with Crippen LogP contribution in [-0.4, -0.2) is 25.0 Å². The summed E-state index contributed by atoms with van der Waals surface area (Å²) in [5.41, 5.74) is 5.07. The van der Waals surface area contributed by atoms with E-state index in [9.17, 15) is 9.59 Å². The van der Waals surface area contributed by atoms with Gasteiger partial charge in [-0.25, -0.2) is 9.78 Å². The van der Waals surface area contributed by atoms with Crippen molar-refractivity contribution in [2.75, 3.05) is 0 Å². The number of imidazole rings is 2. The lowest BCUT2D eigenvalue weighted by Crippen LogP contribution is -2.35. The Bertz CT molecular complexity index is 1460. The van der Waals surface area contributed by atoms with Gasteiger partial charge in [0.25, 0.3) is 0 Å². The van der Waals surface area contributed by atoms with Gasteiger partial charge in [0.1, 0.15) is 6.54 Å².